The summed E-state index contributed by atoms with van der Waals surface area (Å²) in [6.07, 6.45) is 1.20. The molecule has 2 atom stereocenters. The van der Waals surface area contributed by atoms with Gasteiger partial charge in [-0.05, 0) is 24.8 Å². The van der Waals surface area contributed by atoms with Crippen molar-refractivity contribution in [2.24, 2.45) is 5.92 Å². The number of likely N-dealkylation sites (tertiary alicyclic amines) is 1. The minimum atomic E-state index is -1.01. The fraction of sp³-hybridized carbons (Fsp3) is 0.500. The van der Waals surface area contributed by atoms with Crippen LogP contribution in [-0.2, 0) is 4.79 Å². The van der Waals surface area contributed by atoms with Gasteiger partial charge in [0.2, 0.25) is 0 Å². The van der Waals surface area contributed by atoms with E-state index in [1.165, 1.54) is 17.0 Å². The third kappa shape index (κ3) is 2.81. The van der Waals surface area contributed by atoms with Crippen LogP contribution in [0.2, 0.25) is 0 Å². The van der Waals surface area contributed by atoms with Gasteiger partial charge in [0.15, 0.2) is 0 Å². The minimum absolute atomic E-state index is 0.0559. The van der Waals surface area contributed by atoms with Gasteiger partial charge in [-0.25, -0.2) is 9.89 Å². The van der Waals surface area contributed by atoms with Crippen LogP contribution >= 0.6 is 0 Å². The van der Waals surface area contributed by atoms with Crippen LogP contribution in [0.15, 0.2) is 16.9 Å². The van der Waals surface area contributed by atoms with Crippen molar-refractivity contribution in [2.45, 2.75) is 25.8 Å². The summed E-state index contributed by atoms with van der Waals surface area (Å²) in [5.41, 5.74) is -0.348. The highest BCUT2D eigenvalue weighted by molar-refractivity contribution is 5.95. The summed E-state index contributed by atoms with van der Waals surface area (Å²) in [6.45, 7) is 2.35. The Labute approximate surface area is 109 Å². The molecule has 102 valence electrons. The van der Waals surface area contributed by atoms with Crippen molar-refractivity contribution < 1.29 is 14.7 Å². The second kappa shape index (κ2) is 5.21. The molecular weight excluding hydrogens is 250 g/mol. The number of H-pyrrole nitrogens is 1. The fourth-order valence-corrected chi connectivity index (χ4v) is 2.23. The summed E-state index contributed by atoms with van der Waals surface area (Å²) < 4.78 is 0. The molecule has 0 aromatic carbocycles. The Morgan fingerprint density at radius 3 is 2.79 bits per heavy atom. The number of carbonyl (C=O) groups is 2. The molecule has 0 bridgehead atoms. The van der Waals surface area contributed by atoms with Gasteiger partial charge in [0.1, 0.15) is 11.7 Å². The maximum Gasteiger partial charge on any atom is 0.326 e. The molecule has 1 fully saturated rings. The molecule has 1 saturated heterocycles. The van der Waals surface area contributed by atoms with E-state index >= 15 is 0 Å². The summed E-state index contributed by atoms with van der Waals surface area (Å²) in [7, 11) is 0. The highest BCUT2D eigenvalue weighted by Gasteiger charge is 2.35. The molecule has 7 heteroatoms. The Morgan fingerprint density at radius 1 is 1.47 bits per heavy atom. The molecule has 1 aromatic rings. The van der Waals surface area contributed by atoms with E-state index in [1.807, 2.05) is 6.92 Å². The number of piperidine rings is 1. The average molecular weight is 265 g/mol. The van der Waals surface area contributed by atoms with Crippen LogP contribution in [0.3, 0.4) is 0 Å². The van der Waals surface area contributed by atoms with Crippen LogP contribution in [0.1, 0.15) is 30.3 Å². The second-order valence-electron chi connectivity index (χ2n) is 4.79. The average Bonchev–Trinajstić information content (AvgIpc) is 2.38. The maximum absolute atomic E-state index is 12.2. The number of carboxylic acids is 1. The first kappa shape index (κ1) is 13.3. The Balaban J connectivity index is 2.23. The molecule has 1 aliphatic rings. The number of hydrogen-bond donors (Lipinski definition) is 2. The number of nitrogens with one attached hydrogen (secondary N) is 1. The molecule has 1 aliphatic heterocycles. The van der Waals surface area contributed by atoms with E-state index < -0.39 is 23.5 Å². The zero-order valence-electron chi connectivity index (χ0n) is 10.5. The zero-order chi connectivity index (χ0) is 14.0. The van der Waals surface area contributed by atoms with Crippen molar-refractivity contribution in [3.8, 4) is 0 Å². The lowest BCUT2D eigenvalue weighted by Gasteiger charge is -2.35. The minimum Gasteiger partial charge on any atom is -0.480 e. The van der Waals surface area contributed by atoms with E-state index in [9.17, 15) is 19.5 Å². The van der Waals surface area contributed by atoms with E-state index in [4.69, 9.17) is 0 Å². The molecule has 0 saturated carbocycles. The highest BCUT2D eigenvalue weighted by atomic mass is 16.4. The number of nitrogens with zero attached hydrogens (tertiary/aromatic N) is 2. The van der Waals surface area contributed by atoms with Gasteiger partial charge >= 0.3 is 5.97 Å². The van der Waals surface area contributed by atoms with Crippen LogP contribution in [0.25, 0.3) is 0 Å². The van der Waals surface area contributed by atoms with Crippen molar-refractivity contribution in [3.05, 3.63) is 28.2 Å². The Bertz CT molecular complexity index is 534. The van der Waals surface area contributed by atoms with Crippen LogP contribution in [-0.4, -0.2) is 44.7 Å². The molecule has 1 amide bonds. The SMILES string of the molecule is CC1CCN(C(=O)c2ccc(=O)[nH]n2)C(C(=O)O)C1. The number of aromatic nitrogens is 2. The first-order valence-corrected chi connectivity index (χ1v) is 6.08. The van der Waals surface area contributed by atoms with Gasteiger partial charge in [-0.3, -0.25) is 9.59 Å². The molecule has 2 N–H and O–H groups in total. The number of aromatic amines is 1. The number of hydrogen-bond acceptors (Lipinski definition) is 4. The molecule has 7 nitrogen and oxygen atoms in total. The van der Waals surface area contributed by atoms with Crippen LogP contribution < -0.4 is 5.56 Å². The molecular formula is C12H15N3O4. The number of aliphatic carboxylic acids is 1. The highest BCUT2D eigenvalue weighted by Crippen LogP contribution is 2.23. The normalized spacial score (nSPS) is 23.1. The predicted molar refractivity (Wildman–Crippen MR) is 65.7 cm³/mol. The first-order valence-electron chi connectivity index (χ1n) is 6.08. The molecule has 0 spiro atoms. The molecule has 19 heavy (non-hydrogen) atoms. The van der Waals surface area contributed by atoms with E-state index in [1.54, 1.807) is 0 Å². The standard InChI is InChI=1S/C12H15N3O4/c1-7-4-5-15(9(6-7)12(18)19)11(17)8-2-3-10(16)14-13-8/h2-3,7,9H,4-6H2,1H3,(H,14,16)(H,18,19). The van der Waals surface area contributed by atoms with Crippen molar-refractivity contribution >= 4 is 11.9 Å². The number of carboxylic acid groups (broad SMARTS) is 1. The van der Waals surface area contributed by atoms with Crippen LogP contribution in [0, 0.1) is 5.92 Å². The lowest BCUT2D eigenvalue weighted by molar-refractivity contribution is -0.144. The van der Waals surface area contributed by atoms with Crippen LogP contribution in [0.4, 0.5) is 0 Å². The monoisotopic (exact) mass is 265 g/mol. The summed E-state index contributed by atoms with van der Waals surface area (Å²) in [6, 6.07) is 1.67. The Kier molecular flexibility index (Phi) is 3.64. The molecule has 1 aromatic heterocycles. The predicted octanol–water partition coefficient (Wildman–Crippen LogP) is 0.0952. The Morgan fingerprint density at radius 2 is 2.21 bits per heavy atom. The zero-order valence-corrected chi connectivity index (χ0v) is 10.5. The van der Waals surface area contributed by atoms with Gasteiger partial charge in [0, 0.05) is 12.6 Å². The lowest BCUT2D eigenvalue weighted by Crippen LogP contribution is -2.50. The molecule has 2 heterocycles. The van der Waals surface area contributed by atoms with Gasteiger partial charge in [-0.15, -0.1) is 0 Å². The smallest absolute Gasteiger partial charge is 0.326 e. The maximum atomic E-state index is 12.2. The summed E-state index contributed by atoms with van der Waals surface area (Å²) in [5.74, 6) is -1.20. The third-order valence-electron chi connectivity index (χ3n) is 3.31. The van der Waals surface area contributed by atoms with Crippen LogP contribution in [0.5, 0.6) is 0 Å². The quantitative estimate of drug-likeness (QED) is 0.789. The van der Waals surface area contributed by atoms with E-state index in [0.29, 0.717) is 13.0 Å². The number of rotatable bonds is 2. The lowest BCUT2D eigenvalue weighted by atomic mass is 9.92. The molecule has 0 aliphatic carbocycles. The molecule has 2 rings (SSSR count). The Hall–Kier alpha value is -2.18. The number of amides is 1. The van der Waals surface area contributed by atoms with Gasteiger partial charge in [0.05, 0.1) is 0 Å². The van der Waals surface area contributed by atoms with E-state index in [-0.39, 0.29) is 11.6 Å². The van der Waals surface area contributed by atoms with Crippen molar-refractivity contribution in [1.82, 2.24) is 15.1 Å². The number of carbonyl (C=O) groups excluding carboxylic acids is 1. The third-order valence-corrected chi connectivity index (χ3v) is 3.31. The molecule has 2 unspecified atom stereocenters. The molecule has 0 radical (unpaired) electrons. The summed E-state index contributed by atoms with van der Waals surface area (Å²) >= 11 is 0. The van der Waals surface area contributed by atoms with Gasteiger partial charge < -0.3 is 10.0 Å². The van der Waals surface area contributed by atoms with Gasteiger partial charge in [0.25, 0.3) is 11.5 Å². The van der Waals surface area contributed by atoms with Gasteiger partial charge in [-0.2, -0.15) is 5.10 Å². The summed E-state index contributed by atoms with van der Waals surface area (Å²) in [5, 5.41) is 15.0. The van der Waals surface area contributed by atoms with E-state index in [0.717, 1.165) is 6.42 Å². The topological polar surface area (TPSA) is 103 Å². The van der Waals surface area contributed by atoms with Crippen molar-refractivity contribution in [2.75, 3.05) is 6.54 Å². The van der Waals surface area contributed by atoms with E-state index in [2.05, 4.69) is 10.2 Å². The summed E-state index contributed by atoms with van der Waals surface area (Å²) in [4.78, 5) is 35.6. The first-order chi connectivity index (χ1) is 8.99. The second-order valence-corrected chi connectivity index (χ2v) is 4.79. The van der Waals surface area contributed by atoms with Crippen molar-refractivity contribution in [3.63, 3.8) is 0 Å². The van der Waals surface area contributed by atoms with Gasteiger partial charge in [-0.1, -0.05) is 6.92 Å². The largest absolute Gasteiger partial charge is 0.480 e. The van der Waals surface area contributed by atoms with Crippen molar-refractivity contribution in [1.29, 1.82) is 0 Å². The fourth-order valence-electron chi connectivity index (χ4n) is 2.23.